The molecule has 0 bridgehead atoms. The predicted molar refractivity (Wildman–Crippen MR) is 61.8 cm³/mol. The van der Waals surface area contributed by atoms with Crippen LogP contribution in [0.15, 0.2) is 12.7 Å². The van der Waals surface area contributed by atoms with Gasteiger partial charge in [-0.2, -0.15) is 0 Å². The molecule has 0 saturated heterocycles. The number of rotatable bonds is 5. The van der Waals surface area contributed by atoms with Crippen LogP contribution in [0.3, 0.4) is 0 Å². The summed E-state index contributed by atoms with van der Waals surface area (Å²) in [7, 11) is 4.41. The minimum absolute atomic E-state index is 0.179. The average Bonchev–Trinajstić information content (AvgIpc) is 2.14. The number of nitrogens with zero attached hydrogens (tertiary/aromatic N) is 1. The molecule has 1 N–H and O–H groups in total. The van der Waals surface area contributed by atoms with Gasteiger partial charge >= 0.3 is 83.7 Å². The summed E-state index contributed by atoms with van der Waals surface area (Å²) < 4.78 is 2.48. The second kappa shape index (κ2) is 11.5. The van der Waals surface area contributed by atoms with Crippen molar-refractivity contribution in [1.29, 1.82) is 0 Å². The van der Waals surface area contributed by atoms with E-state index < -0.39 is 5.97 Å². The van der Waals surface area contributed by atoms with E-state index >= 15 is 0 Å². The van der Waals surface area contributed by atoms with Crippen LogP contribution in [-0.4, -0.2) is 66.0 Å². The quantitative estimate of drug-likeness (QED) is 0.574. The van der Waals surface area contributed by atoms with Crippen LogP contribution in [0, 0.1) is 0 Å². The van der Waals surface area contributed by atoms with Gasteiger partial charge in [0.15, 0.2) is 0 Å². The van der Waals surface area contributed by atoms with Crippen molar-refractivity contribution < 1.29 is 9.90 Å². The second-order valence-corrected chi connectivity index (χ2v) is 7.29. The predicted octanol–water partition coefficient (Wildman–Crippen LogP) is 1.68. The molecule has 0 amide bonds. The Morgan fingerprint density at radius 1 is 1.57 bits per heavy atom. The SMILES string of the molecule is C=CC(=O)O.C[CH2][Ca][CH](CC)N(C)C. The van der Waals surface area contributed by atoms with E-state index in [0.717, 1.165) is 8.21 Å². The molecule has 0 aromatic carbocycles. The molecule has 80 valence electrons. The zero-order chi connectivity index (χ0) is 11.6. The Morgan fingerprint density at radius 2 is 2.00 bits per heavy atom. The van der Waals surface area contributed by atoms with E-state index in [1.807, 2.05) is 0 Å². The number of hydrogen-bond acceptors (Lipinski definition) is 2. The molecule has 0 fully saturated rings. The van der Waals surface area contributed by atoms with E-state index in [1.54, 1.807) is 0 Å². The van der Waals surface area contributed by atoms with Crippen LogP contribution in [0.2, 0.25) is 2.52 Å². The van der Waals surface area contributed by atoms with Crippen molar-refractivity contribution >= 4 is 39.8 Å². The van der Waals surface area contributed by atoms with Gasteiger partial charge in [-0.25, -0.2) is 4.79 Å². The maximum absolute atomic E-state index is 9.25. The summed E-state index contributed by atoms with van der Waals surface area (Å²) >= 11 is -0.179. The third-order valence-corrected chi connectivity index (χ3v) is 5.98. The van der Waals surface area contributed by atoms with Crippen molar-refractivity contribution in [1.82, 2.24) is 4.90 Å². The summed E-state index contributed by atoms with van der Waals surface area (Å²) in [5.41, 5.74) is 0. The zero-order valence-electron chi connectivity index (χ0n) is 9.79. The van der Waals surface area contributed by atoms with E-state index in [2.05, 4.69) is 39.4 Å². The van der Waals surface area contributed by atoms with Gasteiger partial charge in [0, 0.05) is 6.08 Å². The number of hydrogen-bond donors (Lipinski definition) is 1. The van der Waals surface area contributed by atoms with Gasteiger partial charge in [-0.3, -0.25) is 0 Å². The fraction of sp³-hybridized carbons (Fsp3) is 0.700. The topological polar surface area (TPSA) is 40.5 Å². The molecule has 1 atom stereocenters. The van der Waals surface area contributed by atoms with Gasteiger partial charge in [-0.05, 0) is 0 Å². The molecule has 0 rings (SSSR count). The van der Waals surface area contributed by atoms with E-state index in [-0.39, 0.29) is 33.8 Å². The molecule has 0 spiro atoms. The van der Waals surface area contributed by atoms with Crippen LogP contribution in [0.4, 0.5) is 0 Å². The molecule has 4 heteroatoms. The molecule has 0 aliphatic rings. The summed E-state index contributed by atoms with van der Waals surface area (Å²) in [5, 5.41) is 7.60. The molecule has 0 radical (unpaired) electrons. The molecule has 3 nitrogen and oxygen atoms in total. The fourth-order valence-corrected chi connectivity index (χ4v) is 3.65. The molecule has 0 aliphatic heterocycles. The van der Waals surface area contributed by atoms with Crippen molar-refractivity contribution in [3.63, 3.8) is 0 Å². The van der Waals surface area contributed by atoms with Crippen molar-refractivity contribution in [2.75, 3.05) is 14.1 Å². The molecule has 0 saturated carbocycles. The zero-order valence-corrected chi connectivity index (χ0v) is 12.0. The molecular formula is C10H21CaNO2. The second-order valence-electron chi connectivity index (χ2n) is 3.36. The van der Waals surface area contributed by atoms with Gasteiger partial charge < -0.3 is 5.11 Å². The van der Waals surface area contributed by atoms with E-state index in [9.17, 15) is 4.79 Å². The van der Waals surface area contributed by atoms with Crippen molar-refractivity contribution in [3.05, 3.63) is 12.7 Å². The molecule has 0 aliphatic carbocycles. The standard InChI is InChI=1S/C5H12N.C3H4O2.C2H5.Ca/c1-4-5-6(2)3;1-2-3(4)5;1-2;/h5H,4H2,1-3H3;2H,1H2,(H,4,5);1H2,2H3;. The summed E-state index contributed by atoms with van der Waals surface area (Å²) in [5.74, 6) is -0.981. The van der Waals surface area contributed by atoms with Crippen molar-refractivity contribution in [3.8, 4) is 0 Å². The summed E-state index contributed by atoms with van der Waals surface area (Å²) in [6.45, 7) is 7.58. The van der Waals surface area contributed by atoms with E-state index in [1.165, 1.54) is 8.94 Å². The van der Waals surface area contributed by atoms with Gasteiger partial charge in [0.1, 0.15) is 0 Å². The summed E-state index contributed by atoms with van der Waals surface area (Å²) in [6, 6.07) is 0. The van der Waals surface area contributed by atoms with Crippen molar-refractivity contribution in [2.24, 2.45) is 0 Å². The Hall–Kier alpha value is 0.430. The molecule has 1 unspecified atom stereocenters. The Balaban J connectivity index is 0. The van der Waals surface area contributed by atoms with E-state index in [4.69, 9.17) is 5.11 Å². The van der Waals surface area contributed by atoms with Crippen LogP contribution in [-0.2, 0) is 4.79 Å². The van der Waals surface area contributed by atoms with Crippen LogP contribution in [0.5, 0.6) is 0 Å². The first-order chi connectivity index (χ1) is 6.49. The Kier molecular flexibility index (Phi) is 13.8. The number of carbonyl (C=O) groups is 1. The van der Waals surface area contributed by atoms with Gasteiger partial charge in [0.2, 0.25) is 0 Å². The third-order valence-electron chi connectivity index (χ3n) is 2.00. The van der Waals surface area contributed by atoms with Crippen LogP contribution < -0.4 is 0 Å². The van der Waals surface area contributed by atoms with E-state index in [0.29, 0.717) is 0 Å². The monoisotopic (exact) mass is 227 g/mol. The average molecular weight is 227 g/mol. The Bertz CT molecular complexity index is 160. The molecule has 14 heavy (non-hydrogen) atoms. The van der Waals surface area contributed by atoms with Gasteiger partial charge in [-0.1, -0.05) is 6.58 Å². The molecule has 0 heterocycles. The number of aliphatic carboxylic acids is 1. The Labute approximate surface area is 105 Å². The molecule has 0 aromatic rings. The molecular weight excluding hydrogens is 206 g/mol. The maximum atomic E-state index is 9.25. The summed E-state index contributed by atoms with van der Waals surface area (Å²) in [4.78, 5) is 11.6. The first-order valence-corrected chi connectivity index (χ1v) is 7.84. The van der Waals surface area contributed by atoms with Gasteiger partial charge in [0.05, 0.1) is 0 Å². The summed E-state index contributed by atoms with van der Waals surface area (Å²) in [6.07, 6.45) is 2.20. The number of carboxylic acid groups (broad SMARTS) is 1. The third kappa shape index (κ3) is 12.4. The van der Waals surface area contributed by atoms with Crippen molar-refractivity contribution in [2.45, 2.75) is 24.9 Å². The fourth-order valence-electron chi connectivity index (χ4n) is 1.16. The Morgan fingerprint density at radius 3 is 2.07 bits per heavy atom. The van der Waals surface area contributed by atoms with Crippen LogP contribution in [0.25, 0.3) is 0 Å². The molecule has 0 aromatic heterocycles. The van der Waals surface area contributed by atoms with Crippen LogP contribution >= 0.6 is 0 Å². The normalized spacial score (nSPS) is 10.9. The minimum atomic E-state index is -0.981. The first-order valence-electron chi connectivity index (χ1n) is 5.01. The first kappa shape index (κ1) is 16.8. The van der Waals surface area contributed by atoms with Crippen LogP contribution in [0.1, 0.15) is 20.3 Å². The number of carboxylic acids is 1. The van der Waals surface area contributed by atoms with Gasteiger partial charge in [-0.15, -0.1) is 0 Å². The van der Waals surface area contributed by atoms with Gasteiger partial charge in [0.25, 0.3) is 0 Å².